The fraction of sp³-hybridized carbons (Fsp3) is 0.455. The van der Waals surface area contributed by atoms with Crippen LogP contribution in [-0.2, 0) is 0 Å². The zero-order valence-corrected chi connectivity index (χ0v) is 9.85. The molecule has 82 valence electrons. The van der Waals surface area contributed by atoms with Crippen molar-refractivity contribution in [1.82, 2.24) is 5.32 Å². The summed E-state index contributed by atoms with van der Waals surface area (Å²) in [6.45, 7) is 1.87. The van der Waals surface area contributed by atoms with Gasteiger partial charge in [-0.3, -0.25) is 0 Å². The zero-order valence-electron chi connectivity index (χ0n) is 8.26. The number of hydrogen-bond donors (Lipinski definition) is 2. The van der Waals surface area contributed by atoms with Gasteiger partial charge in [-0.2, -0.15) is 0 Å². The van der Waals surface area contributed by atoms with Crippen molar-refractivity contribution in [1.29, 1.82) is 0 Å². The largest absolute Gasteiger partial charge is 0.507 e. The maximum Gasteiger partial charge on any atom is 0.144 e. The van der Waals surface area contributed by atoms with E-state index in [9.17, 15) is 9.50 Å². The average Bonchev–Trinajstić information content (AvgIpc) is 2.27. The van der Waals surface area contributed by atoms with Crippen molar-refractivity contribution in [3.05, 3.63) is 28.0 Å². The lowest BCUT2D eigenvalue weighted by Gasteiger charge is -2.23. The Labute approximate surface area is 96.6 Å². The van der Waals surface area contributed by atoms with Crippen molar-refractivity contribution >= 4 is 15.9 Å². The Hall–Kier alpha value is -0.610. The number of halogens is 2. The van der Waals surface area contributed by atoms with E-state index in [4.69, 9.17) is 0 Å². The minimum absolute atomic E-state index is 0.0369. The first-order valence-corrected chi connectivity index (χ1v) is 5.87. The smallest absolute Gasteiger partial charge is 0.144 e. The lowest BCUT2D eigenvalue weighted by Crippen LogP contribution is -2.27. The number of nitrogens with one attached hydrogen (secondary N) is 1. The van der Waals surface area contributed by atoms with Gasteiger partial charge in [-0.1, -0.05) is 6.07 Å². The molecule has 0 bridgehead atoms. The summed E-state index contributed by atoms with van der Waals surface area (Å²) in [5.74, 6) is -0.0877. The lowest BCUT2D eigenvalue weighted by atomic mass is 9.90. The highest BCUT2D eigenvalue weighted by Crippen LogP contribution is 2.35. The number of phenols is 1. The van der Waals surface area contributed by atoms with Crippen LogP contribution in [0.15, 0.2) is 16.6 Å². The lowest BCUT2D eigenvalue weighted by molar-refractivity contribution is 0.435. The molecule has 2 N–H and O–H groups in total. The van der Waals surface area contributed by atoms with Gasteiger partial charge in [-0.15, -0.1) is 0 Å². The maximum atomic E-state index is 13.8. The predicted octanol–water partition coefficient (Wildman–Crippen LogP) is 2.76. The molecule has 2 rings (SSSR count). The van der Waals surface area contributed by atoms with Gasteiger partial charge in [0.25, 0.3) is 0 Å². The summed E-state index contributed by atoms with van der Waals surface area (Å²) in [4.78, 5) is 0. The first-order valence-electron chi connectivity index (χ1n) is 5.07. The Balaban J connectivity index is 2.31. The van der Waals surface area contributed by atoms with Gasteiger partial charge in [-0.05, 0) is 59.4 Å². The van der Waals surface area contributed by atoms with Gasteiger partial charge in [0, 0.05) is 0 Å². The minimum Gasteiger partial charge on any atom is -0.507 e. The number of piperidine rings is 1. The molecule has 0 aliphatic carbocycles. The van der Waals surface area contributed by atoms with Crippen molar-refractivity contribution < 1.29 is 9.50 Å². The monoisotopic (exact) mass is 273 g/mol. The molecule has 4 heteroatoms. The molecule has 0 amide bonds. The molecule has 1 saturated heterocycles. The van der Waals surface area contributed by atoms with Crippen molar-refractivity contribution in [2.24, 2.45) is 0 Å². The molecule has 1 aromatic carbocycles. The fourth-order valence-corrected chi connectivity index (χ4v) is 2.36. The molecule has 0 saturated carbocycles. The van der Waals surface area contributed by atoms with Crippen molar-refractivity contribution in [3.63, 3.8) is 0 Å². The third kappa shape index (κ3) is 2.16. The van der Waals surface area contributed by atoms with E-state index < -0.39 is 0 Å². The van der Waals surface area contributed by atoms with E-state index in [1.54, 1.807) is 12.1 Å². The standard InChI is InChI=1S/C11H13BrFNO/c12-10-9(15)2-1-8(11(10)13)7-3-5-14-6-4-7/h1-2,7,14-15H,3-6H2. The molecule has 0 aromatic heterocycles. The van der Waals surface area contributed by atoms with Crippen LogP contribution in [0.3, 0.4) is 0 Å². The molecule has 1 aromatic rings. The predicted molar refractivity (Wildman–Crippen MR) is 60.6 cm³/mol. The van der Waals surface area contributed by atoms with Gasteiger partial charge >= 0.3 is 0 Å². The maximum absolute atomic E-state index is 13.8. The summed E-state index contributed by atoms with van der Waals surface area (Å²) in [5.41, 5.74) is 0.709. The van der Waals surface area contributed by atoms with Crippen LogP contribution in [0, 0.1) is 5.82 Å². The van der Waals surface area contributed by atoms with Crippen LogP contribution in [0.4, 0.5) is 4.39 Å². The second kappa shape index (κ2) is 4.49. The number of phenolic OH excluding ortho intramolecular Hbond substituents is 1. The number of hydrogen-bond acceptors (Lipinski definition) is 2. The molecule has 1 aliphatic heterocycles. The van der Waals surface area contributed by atoms with Gasteiger partial charge in [0.05, 0.1) is 4.47 Å². The summed E-state index contributed by atoms with van der Waals surface area (Å²) in [5, 5.41) is 12.6. The molecule has 0 radical (unpaired) electrons. The molecular weight excluding hydrogens is 261 g/mol. The molecule has 1 heterocycles. The summed E-state index contributed by atoms with van der Waals surface area (Å²) in [6.07, 6.45) is 1.91. The molecule has 0 unspecified atom stereocenters. The Morgan fingerprint density at radius 3 is 2.67 bits per heavy atom. The van der Waals surface area contributed by atoms with Gasteiger partial charge in [-0.25, -0.2) is 4.39 Å². The van der Waals surface area contributed by atoms with Crippen LogP contribution in [0.5, 0.6) is 5.75 Å². The van der Waals surface area contributed by atoms with E-state index in [2.05, 4.69) is 21.2 Å². The van der Waals surface area contributed by atoms with Crippen LogP contribution in [0.25, 0.3) is 0 Å². The Morgan fingerprint density at radius 1 is 1.33 bits per heavy atom. The Kier molecular flexibility index (Phi) is 3.26. The zero-order chi connectivity index (χ0) is 10.8. The SMILES string of the molecule is Oc1ccc(C2CCNCC2)c(F)c1Br. The minimum atomic E-state index is -0.318. The van der Waals surface area contributed by atoms with Crippen LogP contribution >= 0.6 is 15.9 Å². The van der Waals surface area contributed by atoms with E-state index >= 15 is 0 Å². The molecule has 0 atom stereocenters. The van der Waals surface area contributed by atoms with Gasteiger partial charge in [0.15, 0.2) is 0 Å². The Morgan fingerprint density at radius 2 is 2.00 bits per heavy atom. The highest BCUT2D eigenvalue weighted by atomic mass is 79.9. The van der Waals surface area contributed by atoms with Gasteiger partial charge in [0.1, 0.15) is 11.6 Å². The normalized spacial score (nSPS) is 18.0. The van der Waals surface area contributed by atoms with E-state index in [0.717, 1.165) is 25.9 Å². The van der Waals surface area contributed by atoms with E-state index in [1.165, 1.54) is 0 Å². The second-order valence-corrected chi connectivity index (χ2v) is 4.62. The number of rotatable bonds is 1. The first kappa shape index (κ1) is 10.9. The molecule has 1 aliphatic rings. The molecular formula is C11H13BrFNO. The highest BCUT2D eigenvalue weighted by Gasteiger charge is 2.20. The van der Waals surface area contributed by atoms with E-state index in [-0.39, 0.29) is 22.0 Å². The second-order valence-electron chi connectivity index (χ2n) is 3.83. The van der Waals surface area contributed by atoms with Gasteiger partial charge in [0.2, 0.25) is 0 Å². The summed E-state index contributed by atoms with van der Waals surface area (Å²) in [6, 6.07) is 3.23. The van der Waals surface area contributed by atoms with Crippen LogP contribution in [0.1, 0.15) is 24.3 Å². The fourth-order valence-electron chi connectivity index (χ4n) is 2.00. The first-order chi connectivity index (χ1) is 7.20. The van der Waals surface area contributed by atoms with Crippen LogP contribution in [-0.4, -0.2) is 18.2 Å². The molecule has 15 heavy (non-hydrogen) atoms. The summed E-state index contributed by atoms with van der Waals surface area (Å²) < 4.78 is 14.0. The third-order valence-corrected chi connectivity index (χ3v) is 3.63. The quantitative estimate of drug-likeness (QED) is 0.825. The van der Waals surface area contributed by atoms with Crippen molar-refractivity contribution in [2.45, 2.75) is 18.8 Å². The average molecular weight is 274 g/mol. The topological polar surface area (TPSA) is 32.3 Å². The van der Waals surface area contributed by atoms with Crippen molar-refractivity contribution in [3.8, 4) is 5.75 Å². The summed E-state index contributed by atoms with van der Waals surface area (Å²) in [7, 11) is 0. The summed E-state index contributed by atoms with van der Waals surface area (Å²) >= 11 is 3.06. The Bertz CT molecular complexity index is 364. The third-order valence-electron chi connectivity index (χ3n) is 2.87. The molecule has 1 fully saturated rings. The molecule has 0 spiro atoms. The number of benzene rings is 1. The number of aromatic hydroxyl groups is 1. The van der Waals surface area contributed by atoms with Crippen molar-refractivity contribution in [2.75, 3.05) is 13.1 Å². The van der Waals surface area contributed by atoms with E-state index in [1.807, 2.05) is 0 Å². The van der Waals surface area contributed by atoms with E-state index in [0.29, 0.717) is 5.56 Å². The molecule has 2 nitrogen and oxygen atoms in total. The van der Waals surface area contributed by atoms with Gasteiger partial charge < -0.3 is 10.4 Å². The highest BCUT2D eigenvalue weighted by molar-refractivity contribution is 9.10. The van der Waals surface area contributed by atoms with Crippen LogP contribution < -0.4 is 5.32 Å². The van der Waals surface area contributed by atoms with Crippen LogP contribution in [0.2, 0.25) is 0 Å².